The van der Waals surface area contributed by atoms with E-state index in [1.165, 1.54) is 0 Å². The molecule has 1 heterocycles. The predicted molar refractivity (Wildman–Crippen MR) is 87.5 cm³/mol. The second-order valence-electron chi connectivity index (χ2n) is 4.84. The Balaban J connectivity index is 0.00000242. The van der Waals surface area contributed by atoms with E-state index in [1.807, 2.05) is 36.4 Å². The molecule has 0 radical (unpaired) electrons. The van der Waals surface area contributed by atoms with E-state index < -0.39 is 18.1 Å². The Morgan fingerprint density at radius 1 is 1.18 bits per heavy atom. The number of carbonyl (C=O) groups is 1. The average molecular weight is 322 g/mol. The predicted octanol–water partition coefficient (Wildman–Crippen LogP) is 1.05. The molecule has 0 fully saturated rings. The molecule has 1 amide bonds. The van der Waals surface area contributed by atoms with Gasteiger partial charge in [0.1, 0.15) is 6.10 Å². The van der Waals surface area contributed by atoms with Crippen LogP contribution < -0.4 is 11.1 Å². The fourth-order valence-electron chi connectivity index (χ4n) is 1.98. The number of carbonyl (C=O) groups excluding carboxylic acids is 1. The highest BCUT2D eigenvalue weighted by molar-refractivity contribution is 5.85. The Hall–Kier alpha value is -1.95. The van der Waals surface area contributed by atoms with E-state index in [0.29, 0.717) is 6.42 Å². The lowest BCUT2D eigenvalue weighted by atomic mass is 10.0. The standard InChI is InChI=1S/C16H19N3O2.ClH/c17-14(10-12-6-2-1-3-7-12)15(20)16(21)19-11-13-8-4-5-9-18-13;/h1-9,14-15,20H,10-11,17H2,(H,19,21);1H/t14-,15+;/m1./s1. The summed E-state index contributed by atoms with van der Waals surface area (Å²) in [4.78, 5) is 16.0. The monoisotopic (exact) mass is 321 g/mol. The van der Waals surface area contributed by atoms with Crippen LogP contribution in [0.25, 0.3) is 0 Å². The zero-order valence-corrected chi connectivity index (χ0v) is 12.9. The van der Waals surface area contributed by atoms with Crippen molar-refractivity contribution in [2.45, 2.75) is 25.1 Å². The molecule has 0 saturated heterocycles. The lowest BCUT2D eigenvalue weighted by Gasteiger charge is -2.18. The summed E-state index contributed by atoms with van der Waals surface area (Å²) in [5.41, 5.74) is 7.61. The number of nitrogens with zero attached hydrogens (tertiary/aromatic N) is 1. The van der Waals surface area contributed by atoms with Crippen LogP contribution in [0.4, 0.5) is 0 Å². The van der Waals surface area contributed by atoms with Crippen LogP contribution in [0.3, 0.4) is 0 Å². The molecule has 0 unspecified atom stereocenters. The molecule has 5 nitrogen and oxygen atoms in total. The minimum absolute atomic E-state index is 0. The summed E-state index contributed by atoms with van der Waals surface area (Å²) in [6.07, 6.45) is 0.854. The van der Waals surface area contributed by atoms with Gasteiger partial charge in [0, 0.05) is 12.2 Å². The van der Waals surface area contributed by atoms with Crippen LogP contribution in [0.15, 0.2) is 54.7 Å². The Kier molecular flexibility index (Phi) is 7.52. The van der Waals surface area contributed by atoms with Crippen LogP contribution in [0, 0.1) is 0 Å². The first-order chi connectivity index (χ1) is 10.2. The molecule has 0 bridgehead atoms. The topological polar surface area (TPSA) is 88.2 Å². The molecule has 2 atom stereocenters. The molecule has 1 aromatic heterocycles. The van der Waals surface area contributed by atoms with Crippen molar-refractivity contribution in [3.05, 3.63) is 66.0 Å². The van der Waals surface area contributed by atoms with Crippen molar-refractivity contribution in [2.24, 2.45) is 5.73 Å². The summed E-state index contributed by atoms with van der Waals surface area (Å²) in [5.74, 6) is -0.482. The van der Waals surface area contributed by atoms with E-state index in [-0.39, 0.29) is 19.0 Å². The number of aliphatic hydroxyl groups is 1. The Bertz CT molecular complexity index is 566. The van der Waals surface area contributed by atoms with Gasteiger partial charge in [-0.3, -0.25) is 9.78 Å². The molecule has 2 aromatic rings. The first-order valence-electron chi connectivity index (χ1n) is 6.82. The summed E-state index contributed by atoms with van der Waals surface area (Å²) in [5, 5.41) is 12.6. The molecule has 22 heavy (non-hydrogen) atoms. The van der Waals surface area contributed by atoms with Crippen LogP contribution in [-0.4, -0.2) is 28.1 Å². The highest BCUT2D eigenvalue weighted by atomic mass is 35.5. The number of aliphatic hydroxyl groups excluding tert-OH is 1. The first-order valence-corrected chi connectivity index (χ1v) is 6.82. The number of amides is 1. The van der Waals surface area contributed by atoms with E-state index in [2.05, 4.69) is 10.3 Å². The number of nitrogens with one attached hydrogen (secondary N) is 1. The fourth-order valence-corrected chi connectivity index (χ4v) is 1.98. The number of hydrogen-bond acceptors (Lipinski definition) is 4. The third kappa shape index (κ3) is 5.44. The normalized spacial score (nSPS) is 12.8. The molecule has 2 rings (SSSR count). The van der Waals surface area contributed by atoms with Crippen LogP contribution in [0.5, 0.6) is 0 Å². The van der Waals surface area contributed by atoms with E-state index in [1.54, 1.807) is 18.3 Å². The number of halogens is 1. The van der Waals surface area contributed by atoms with Crippen molar-refractivity contribution >= 4 is 18.3 Å². The van der Waals surface area contributed by atoms with Crippen LogP contribution in [0.2, 0.25) is 0 Å². The van der Waals surface area contributed by atoms with E-state index in [0.717, 1.165) is 11.3 Å². The van der Waals surface area contributed by atoms with Gasteiger partial charge in [-0.05, 0) is 24.1 Å². The lowest BCUT2D eigenvalue weighted by molar-refractivity contribution is -0.130. The third-order valence-electron chi connectivity index (χ3n) is 3.16. The van der Waals surface area contributed by atoms with Crippen LogP contribution in [-0.2, 0) is 17.8 Å². The second-order valence-corrected chi connectivity index (χ2v) is 4.84. The van der Waals surface area contributed by atoms with Crippen molar-refractivity contribution in [1.82, 2.24) is 10.3 Å². The first kappa shape index (κ1) is 18.1. The van der Waals surface area contributed by atoms with Crippen molar-refractivity contribution < 1.29 is 9.90 Å². The van der Waals surface area contributed by atoms with Gasteiger partial charge >= 0.3 is 0 Å². The van der Waals surface area contributed by atoms with Gasteiger partial charge in [-0.1, -0.05) is 36.4 Å². The Labute approximate surface area is 136 Å². The summed E-state index contributed by atoms with van der Waals surface area (Å²) in [6, 6.07) is 14.3. The molecule has 0 aliphatic heterocycles. The lowest BCUT2D eigenvalue weighted by Crippen LogP contribution is -2.47. The number of nitrogens with two attached hydrogens (primary N) is 1. The third-order valence-corrected chi connectivity index (χ3v) is 3.16. The highest BCUT2D eigenvalue weighted by Crippen LogP contribution is 2.05. The maximum atomic E-state index is 11.9. The number of benzene rings is 1. The molecule has 0 aliphatic rings. The average Bonchev–Trinajstić information content (AvgIpc) is 2.53. The van der Waals surface area contributed by atoms with Gasteiger partial charge in [0.2, 0.25) is 0 Å². The molecular weight excluding hydrogens is 302 g/mol. The zero-order chi connectivity index (χ0) is 15.1. The zero-order valence-electron chi connectivity index (χ0n) is 12.1. The molecular formula is C16H20ClN3O2. The minimum atomic E-state index is -1.24. The smallest absolute Gasteiger partial charge is 0.250 e. The quantitative estimate of drug-likeness (QED) is 0.742. The molecule has 0 aliphatic carbocycles. The number of aromatic nitrogens is 1. The highest BCUT2D eigenvalue weighted by Gasteiger charge is 2.22. The van der Waals surface area contributed by atoms with E-state index in [9.17, 15) is 9.90 Å². The van der Waals surface area contributed by atoms with Crippen molar-refractivity contribution in [3.63, 3.8) is 0 Å². The second kappa shape index (κ2) is 9.15. The van der Waals surface area contributed by atoms with Gasteiger partial charge < -0.3 is 16.2 Å². The summed E-state index contributed by atoms with van der Waals surface area (Å²) in [7, 11) is 0. The Morgan fingerprint density at radius 3 is 2.50 bits per heavy atom. The van der Waals surface area contributed by atoms with Gasteiger partial charge in [0.15, 0.2) is 0 Å². The molecule has 1 aromatic carbocycles. The van der Waals surface area contributed by atoms with Gasteiger partial charge in [-0.15, -0.1) is 12.4 Å². The number of pyridine rings is 1. The maximum Gasteiger partial charge on any atom is 0.250 e. The van der Waals surface area contributed by atoms with Crippen molar-refractivity contribution in [2.75, 3.05) is 0 Å². The van der Waals surface area contributed by atoms with Crippen LogP contribution >= 0.6 is 12.4 Å². The number of rotatable bonds is 6. The molecule has 0 spiro atoms. The Morgan fingerprint density at radius 2 is 1.86 bits per heavy atom. The fraction of sp³-hybridized carbons (Fsp3) is 0.250. The molecule has 118 valence electrons. The van der Waals surface area contributed by atoms with E-state index in [4.69, 9.17) is 5.73 Å². The SMILES string of the molecule is Cl.N[C@H](Cc1ccccc1)[C@H](O)C(=O)NCc1ccccn1. The molecule has 0 saturated carbocycles. The van der Waals surface area contributed by atoms with Gasteiger partial charge in [0.25, 0.3) is 5.91 Å². The van der Waals surface area contributed by atoms with E-state index >= 15 is 0 Å². The minimum Gasteiger partial charge on any atom is -0.382 e. The number of hydrogen-bond donors (Lipinski definition) is 3. The molecule has 4 N–H and O–H groups in total. The van der Waals surface area contributed by atoms with Gasteiger partial charge in [-0.2, -0.15) is 0 Å². The van der Waals surface area contributed by atoms with Crippen molar-refractivity contribution in [3.8, 4) is 0 Å². The van der Waals surface area contributed by atoms with Crippen LogP contribution in [0.1, 0.15) is 11.3 Å². The van der Waals surface area contributed by atoms with Gasteiger partial charge in [-0.25, -0.2) is 0 Å². The van der Waals surface area contributed by atoms with Crippen molar-refractivity contribution in [1.29, 1.82) is 0 Å². The summed E-state index contributed by atoms with van der Waals surface area (Å²) in [6.45, 7) is 0.273. The maximum absolute atomic E-state index is 11.9. The van der Waals surface area contributed by atoms with Gasteiger partial charge in [0.05, 0.1) is 12.2 Å². The summed E-state index contributed by atoms with van der Waals surface area (Å²) >= 11 is 0. The molecule has 6 heteroatoms. The largest absolute Gasteiger partial charge is 0.382 e. The summed E-state index contributed by atoms with van der Waals surface area (Å²) < 4.78 is 0.